The van der Waals surface area contributed by atoms with Crippen molar-refractivity contribution in [2.24, 2.45) is 10.9 Å². The van der Waals surface area contributed by atoms with Crippen LogP contribution in [-0.4, -0.2) is 23.1 Å². The Hall–Kier alpha value is -1.55. The number of ether oxygens (including phenoxy) is 1. The molecule has 0 saturated carbocycles. The highest BCUT2D eigenvalue weighted by Crippen LogP contribution is 2.21. The molecule has 0 fully saturated rings. The summed E-state index contributed by atoms with van der Waals surface area (Å²) < 4.78 is 9.15. The molecule has 3 nitrogen and oxygen atoms in total. The van der Waals surface area contributed by atoms with E-state index in [4.69, 9.17) is 9.73 Å². The van der Waals surface area contributed by atoms with Crippen molar-refractivity contribution in [2.45, 2.75) is 32.9 Å². The van der Waals surface area contributed by atoms with Crippen LogP contribution in [-0.2, 0) is 11.3 Å². The van der Waals surface area contributed by atoms with Gasteiger partial charge in [-0.15, -0.1) is 0 Å². The predicted octanol–water partition coefficient (Wildman–Crippen LogP) is 4.49. The van der Waals surface area contributed by atoms with Gasteiger partial charge in [-0.25, -0.2) is 4.99 Å². The Bertz CT molecular complexity index is 675. The van der Waals surface area contributed by atoms with Crippen LogP contribution in [0.25, 0.3) is 0 Å². The zero-order valence-corrected chi connectivity index (χ0v) is 14.6. The van der Waals surface area contributed by atoms with E-state index in [0.29, 0.717) is 18.6 Å². The fourth-order valence-electron chi connectivity index (χ4n) is 2.78. The van der Waals surface area contributed by atoms with Crippen molar-refractivity contribution in [3.05, 3.63) is 58.3 Å². The molecule has 1 atom stereocenters. The Kier molecular flexibility index (Phi) is 4.67. The predicted molar refractivity (Wildman–Crippen MR) is 93.4 cm³/mol. The molecule has 0 amide bonds. The van der Waals surface area contributed by atoms with E-state index in [1.54, 1.807) is 0 Å². The number of halogens is 1. The first-order valence-electron chi connectivity index (χ1n) is 7.73. The van der Waals surface area contributed by atoms with E-state index in [1.807, 2.05) is 12.1 Å². The molecule has 1 aromatic carbocycles. The topological polar surface area (TPSA) is 26.5 Å². The Labute approximate surface area is 140 Å². The molecule has 3 rings (SSSR count). The largest absolute Gasteiger partial charge is 0.474 e. The van der Waals surface area contributed by atoms with Crippen LogP contribution in [0.4, 0.5) is 0 Å². The van der Waals surface area contributed by atoms with Crippen molar-refractivity contribution in [3.63, 3.8) is 0 Å². The number of hydrogen-bond acceptors (Lipinski definition) is 2. The van der Waals surface area contributed by atoms with E-state index in [1.165, 1.54) is 5.56 Å². The van der Waals surface area contributed by atoms with Gasteiger partial charge in [0.15, 0.2) is 0 Å². The molecule has 0 saturated heterocycles. The Morgan fingerprint density at radius 1 is 1.27 bits per heavy atom. The number of hydrogen-bond donors (Lipinski definition) is 0. The van der Waals surface area contributed by atoms with Crippen molar-refractivity contribution in [1.82, 2.24) is 4.57 Å². The molecule has 0 aliphatic carbocycles. The molecule has 2 aromatic rings. The number of benzene rings is 1. The smallest absolute Gasteiger partial charge is 0.233 e. The van der Waals surface area contributed by atoms with Crippen LogP contribution in [0.15, 0.2) is 52.1 Å². The van der Waals surface area contributed by atoms with Crippen molar-refractivity contribution < 1.29 is 4.74 Å². The summed E-state index contributed by atoms with van der Waals surface area (Å²) in [7, 11) is 0. The fraction of sp³-hybridized carbons (Fsp3) is 0.389. The van der Waals surface area contributed by atoms with Crippen molar-refractivity contribution in [1.29, 1.82) is 0 Å². The zero-order chi connectivity index (χ0) is 15.5. The van der Waals surface area contributed by atoms with Gasteiger partial charge >= 0.3 is 0 Å². The summed E-state index contributed by atoms with van der Waals surface area (Å²) in [6, 6.07) is 12.7. The normalized spacial score (nSPS) is 17.6. The minimum Gasteiger partial charge on any atom is -0.474 e. The average Bonchev–Trinajstić information content (AvgIpc) is 3.09. The molecule has 2 heterocycles. The molecular weight excluding hydrogens is 340 g/mol. The molecule has 0 radical (unpaired) electrons. The van der Waals surface area contributed by atoms with E-state index in [9.17, 15) is 0 Å². The summed E-state index contributed by atoms with van der Waals surface area (Å²) in [4.78, 5) is 4.76. The summed E-state index contributed by atoms with van der Waals surface area (Å²) in [5, 5.41) is 0. The van der Waals surface area contributed by atoms with Crippen molar-refractivity contribution in [2.75, 3.05) is 6.61 Å². The highest BCUT2D eigenvalue weighted by atomic mass is 79.9. The summed E-state index contributed by atoms with van der Waals surface area (Å²) in [6.07, 6.45) is 3.16. The molecule has 1 aliphatic heterocycles. The van der Waals surface area contributed by atoms with Gasteiger partial charge in [0.1, 0.15) is 12.3 Å². The first kappa shape index (κ1) is 15.3. The third kappa shape index (κ3) is 3.43. The summed E-state index contributed by atoms with van der Waals surface area (Å²) in [6.45, 7) is 5.96. The third-order valence-corrected chi connectivity index (χ3v) is 4.58. The van der Waals surface area contributed by atoms with E-state index in [2.05, 4.69) is 64.8 Å². The van der Waals surface area contributed by atoms with E-state index >= 15 is 0 Å². The lowest BCUT2D eigenvalue weighted by molar-refractivity contribution is 0.300. The lowest BCUT2D eigenvalue weighted by atomic mass is 10.1. The first-order valence-corrected chi connectivity index (χ1v) is 8.52. The van der Waals surface area contributed by atoms with Crippen LogP contribution in [0.5, 0.6) is 0 Å². The molecule has 1 aromatic heterocycles. The molecule has 0 bridgehead atoms. The lowest BCUT2D eigenvalue weighted by Crippen LogP contribution is -2.11. The van der Waals surface area contributed by atoms with E-state index in [0.717, 1.165) is 29.0 Å². The molecule has 0 spiro atoms. The lowest BCUT2D eigenvalue weighted by Gasteiger charge is -2.10. The molecule has 22 heavy (non-hydrogen) atoms. The molecular formula is C18H21BrN2O. The highest BCUT2D eigenvalue weighted by molar-refractivity contribution is 9.10. The van der Waals surface area contributed by atoms with Crippen LogP contribution in [0, 0.1) is 5.92 Å². The van der Waals surface area contributed by atoms with Gasteiger partial charge < -0.3 is 9.30 Å². The zero-order valence-electron chi connectivity index (χ0n) is 13.0. The van der Waals surface area contributed by atoms with Crippen LogP contribution < -0.4 is 0 Å². The second-order valence-corrected chi connectivity index (χ2v) is 7.00. The van der Waals surface area contributed by atoms with Gasteiger partial charge in [0, 0.05) is 17.2 Å². The maximum absolute atomic E-state index is 5.84. The van der Waals surface area contributed by atoms with Gasteiger partial charge in [-0.1, -0.05) is 48.0 Å². The Morgan fingerprint density at radius 3 is 2.86 bits per heavy atom. The number of rotatable bonds is 5. The maximum Gasteiger partial charge on any atom is 0.233 e. The van der Waals surface area contributed by atoms with Crippen LogP contribution in [0.1, 0.15) is 31.5 Å². The minimum atomic E-state index is 0.293. The first-order chi connectivity index (χ1) is 10.6. The van der Waals surface area contributed by atoms with Crippen LogP contribution >= 0.6 is 15.9 Å². The second-order valence-electron chi connectivity index (χ2n) is 6.14. The highest BCUT2D eigenvalue weighted by Gasteiger charge is 2.22. The summed E-state index contributed by atoms with van der Waals surface area (Å²) in [5.74, 6) is 1.42. The average molecular weight is 361 g/mol. The van der Waals surface area contributed by atoms with E-state index < -0.39 is 0 Å². The monoisotopic (exact) mass is 360 g/mol. The van der Waals surface area contributed by atoms with Gasteiger partial charge in [0.25, 0.3) is 0 Å². The molecule has 1 aliphatic rings. The summed E-state index contributed by atoms with van der Waals surface area (Å²) in [5.41, 5.74) is 2.30. The standard InChI is InChI=1S/C18H21BrN2O/c1-13(2)10-15-12-22-18(20-15)17-8-5-9-21(17)11-14-6-3-4-7-16(14)19/h3-9,13,15H,10-12H2,1-2H3/t15-/m0/s1. The number of aromatic nitrogens is 1. The molecule has 116 valence electrons. The van der Waals surface area contributed by atoms with Gasteiger partial charge in [-0.2, -0.15) is 0 Å². The quantitative estimate of drug-likeness (QED) is 0.771. The van der Waals surface area contributed by atoms with Gasteiger partial charge in [0.2, 0.25) is 5.90 Å². The molecule has 4 heteroatoms. The van der Waals surface area contributed by atoms with Gasteiger partial charge in [-0.05, 0) is 36.1 Å². The van der Waals surface area contributed by atoms with E-state index in [-0.39, 0.29) is 0 Å². The van der Waals surface area contributed by atoms with Crippen molar-refractivity contribution >= 4 is 21.8 Å². The third-order valence-electron chi connectivity index (χ3n) is 3.80. The Balaban J connectivity index is 1.80. The fourth-order valence-corrected chi connectivity index (χ4v) is 3.19. The Morgan fingerprint density at radius 2 is 2.09 bits per heavy atom. The van der Waals surface area contributed by atoms with Gasteiger partial charge in [-0.3, -0.25) is 0 Å². The van der Waals surface area contributed by atoms with Crippen LogP contribution in [0.2, 0.25) is 0 Å². The van der Waals surface area contributed by atoms with Gasteiger partial charge in [0.05, 0.1) is 6.04 Å². The number of aliphatic imine (C=N–C) groups is 1. The summed E-state index contributed by atoms with van der Waals surface area (Å²) >= 11 is 3.61. The van der Waals surface area contributed by atoms with Crippen LogP contribution in [0.3, 0.4) is 0 Å². The SMILES string of the molecule is CC(C)C[C@H]1COC(c2cccn2Cc2ccccc2Br)=N1. The van der Waals surface area contributed by atoms with Crippen molar-refractivity contribution in [3.8, 4) is 0 Å². The maximum atomic E-state index is 5.84. The second kappa shape index (κ2) is 6.69. The molecule has 0 unspecified atom stereocenters. The number of nitrogens with zero attached hydrogens (tertiary/aromatic N) is 2. The molecule has 0 N–H and O–H groups in total. The minimum absolute atomic E-state index is 0.293.